The summed E-state index contributed by atoms with van der Waals surface area (Å²) in [5.74, 6) is 0.184. The Morgan fingerprint density at radius 1 is 1.56 bits per heavy atom. The summed E-state index contributed by atoms with van der Waals surface area (Å²) in [5.41, 5.74) is -0.593. The highest BCUT2D eigenvalue weighted by molar-refractivity contribution is 6.28. The molecule has 0 fully saturated rings. The van der Waals surface area contributed by atoms with E-state index in [2.05, 4.69) is 20.5 Å². The lowest BCUT2D eigenvalue weighted by Gasteiger charge is -2.23. The smallest absolute Gasteiger partial charge is 0.407 e. The van der Waals surface area contributed by atoms with Gasteiger partial charge in [0, 0.05) is 0 Å². The predicted octanol–water partition coefficient (Wildman–Crippen LogP) is 1.40. The van der Waals surface area contributed by atoms with Crippen molar-refractivity contribution >= 4 is 17.7 Å². The first-order valence-corrected chi connectivity index (χ1v) is 5.82. The van der Waals surface area contributed by atoms with Crippen LogP contribution in [0.15, 0.2) is 0 Å². The molecule has 0 aliphatic carbocycles. The minimum absolute atomic E-state index is 0.00789. The molecule has 0 radical (unpaired) electrons. The number of H-pyrrole nitrogens is 1. The van der Waals surface area contributed by atoms with Gasteiger partial charge in [0.15, 0.2) is 5.82 Å². The molecule has 0 saturated heterocycles. The monoisotopic (exact) mass is 276 g/mol. The molecule has 0 bridgehead atoms. The van der Waals surface area contributed by atoms with Gasteiger partial charge in [-0.25, -0.2) is 4.79 Å². The first-order chi connectivity index (χ1) is 8.19. The van der Waals surface area contributed by atoms with Crippen molar-refractivity contribution in [2.75, 3.05) is 0 Å². The Morgan fingerprint density at radius 3 is 2.61 bits per heavy atom. The average Bonchev–Trinajstić information content (AvgIpc) is 2.60. The van der Waals surface area contributed by atoms with Crippen LogP contribution in [0.5, 0.6) is 0 Å². The maximum atomic E-state index is 11.5. The van der Waals surface area contributed by atoms with E-state index in [1.165, 1.54) is 0 Å². The number of rotatable bonds is 3. The van der Waals surface area contributed by atoms with Gasteiger partial charge in [-0.1, -0.05) is 0 Å². The van der Waals surface area contributed by atoms with E-state index in [9.17, 15) is 9.90 Å². The van der Waals surface area contributed by atoms with Gasteiger partial charge in [0.2, 0.25) is 5.28 Å². The van der Waals surface area contributed by atoms with E-state index in [-0.39, 0.29) is 11.1 Å². The van der Waals surface area contributed by atoms with E-state index in [1.807, 2.05) is 0 Å². The van der Waals surface area contributed by atoms with Crippen molar-refractivity contribution in [3.05, 3.63) is 11.1 Å². The topological polar surface area (TPSA) is 100 Å². The van der Waals surface area contributed by atoms with Crippen molar-refractivity contribution in [3.8, 4) is 0 Å². The van der Waals surface area contributed by atoms with Gasteiger partial charge in [-0.15, -0.1) is 5.10 Å². The van der Waals surface area contributed by atoms with Gasteiger partial charge >= 0.3 is 6.09 Å². The predicted molar refractivity (Wildman–Crippen MR) is 65.2 cm³/mol. The molecule has 8 heteroatoms. The second-order valence-corrected chi connectivity index (χ2v) is 5.21. The third-order valence-corrected chi connectivity index (χ3v) is 2.14. The Bertz CT molecular complexity index is 416. The number of aromatic nitrogens is 3. The number of amides is 1. The van der Waals surface area contributed by atoms with Crippen LogP contribution in [0.1, 0.15) is 39.6 Å². The number of alkyl carbamates (subject to hydrolysis) is 1. The fourth-order valence-electron chi connectivity index (χ4n) is 1.19. The van der Waals surface area contributed by atoms with Crippen LogP contribution in [0, 0.1) is 0 Å². The quantitative estimate of drug-likeness (QED) is 0.775. The lowest BCUT2D eigenvalue weighted by atomic mass is 10.2. The fraction of sp³-hybridized carbons (Fsp3) is 0.700. The lowest BCUT2D eigenvalue weighted by molar-refractivity contribution is 0.0428. The Kier molecular flexibility index (Phi) is 4.53. The summed E-state index contributed by atoms with van der Waals surface area (Å²) in [5, 5.41) is 18.5. The Balaban J connectivity index is 2.55. The number of carbonyl (C=O) groups excluding carboxylic acids is 1. The number of carbonyl (C=O) groups is 1. The van der Waals surface area contributed by atoms with E-state index in [0.717, 1.165) is 0 Å². The lowest BCUT2D eigenvalue weighted by Crippen LogP contribution is -2.40. The second kappa shape index (κ2) is 5.53. The molecule has 0 aliphatic rings. The molecule has 0 aromatic carbocycles. The number of halogens is 1. The highest BCUT2D eigenvalue weighted by atomic mass is 35.5. The summed E-state index contributed by atoms with van der Waals surface area (Å²) in [6.45, 7) is 6.88. The zero-order valence-corrected chi connectivity index (χ0v) is 11.4. The standard InChI is InChI=1S/C10H17ClN4O3/c1-5(12-9(17)18-10(2,3)4)6(16)7-13-8(11)15-14-7/h5-6,16H,1-4H3,(H,12,17)(H,13,14,15)/t5-,6?/m0/s1. The van der Waals surface area contributed by atoms with Gasteiger partial charge in [0.25, 0.3) is 0 Å². The number of nitrogens with one attached hydrogen (secondary N) is 2. The molecule has 0 aliphatic heterocycles. The number of aromatic amines is 1. The van der Waals surface area contributed by atoms with Crippen LogP contribution in [0.25, 0.3) is 0 Å². The van der Waals surface area contributed by atoms with Crippen LogP contribution in [0.3, 0.4) is 0 Å². The van der Waals surface area contributed by atoms with Crippen molar-refractivity contribution in [2.45, 2.75) is 45.4 Å². The molecular formula is C10H17ClN4O3. The molecule has 0 saturated carbocycles. The van der Waals surface area contributed by atoms with Crippen LogP contribution < -0.4 is 5.32 Å². The number of nitrogens with zero attached hydrogens (tertiary/aromatic N) is 2. The molecule has 1 heterocycles. The minimum atomic E-state index is -1.04. The summed E-state index contributed by atoms with van der Waals surface area (Å²) in [7, 11) is 0. The van der Waals surface area contributed by atoms with E-state index < -0.39 is 23.8 Å². The summed E-state index contributed by atoms with van der Waals surface area (Å²) in [6, 6.07) is -0.594. The third-order valence-electron chi connectivity index (χ3n) is 1.97. The van der Waals surface area contributed by atoms with E-state index in [0.29, 0.717) is 0 Å². The molecule has 0 spiro atoms. The largest absolute Gasteiger partial charge is 0.444 e. The summed E-state index contributed by atoms with van der Waals surface area (Å²) in [6.07, 6.45) is -1.66. The first kappa shape index (κ1) is 14.7. The third kappa shape index (κ3) is 4.50. The van der Waals surface area contributed by atoms with Crippen LogP contribution >= 0.6 is 11.6 Å². The van der Waals surface area contributed by atoms with Crippen molar-refractivity contribution in [1.29, 1.82) is 0 Å². The van der Waals surface area contributed by atoms with Gasteiger partial charge < -0.3 is 15.2 Å². The van der Waals surface area contributed by atoms with Gasteiger partial charge in [-0.05, 0) is 39.3 Å². The van der Waals surface area contributed by atoms with Gasteiger partial charge in [0.05, 0.1) is 6.04 Å². The summed E-state index contributed by atoms with van der Waals surface area (Å²) >= 11 is 5.53. The van der Waals surface area contributed by atoms with Crippen molar-refractivity contribution in [2.24, 2.45) is 0 Å². The molecule has 1 rings (SSSR count). The Hall–Kier alpha value is -1.34. The first-order valence-electron chi connectivity index (χ1n) is 5.44. The van der Waals surface area contributed by atoms with E-state index >= 15 is 0 Å². The number of ether oxygens (including phenoxy) is 1. The molecule has 7 nitrogen and oxygen atoms in total. The van der Waals surface area contributed by atoms with Crippen molar-refractivity contribution in [3.63, 3.8) is 0 Å². The van der Waals surface area contributed by atoms with E-state index in [1.54, 1.807) is 27.7 Å². The minimum Gasteiger partial charge on any atom is -0.444 e. The highest BCUT2D eigenvalue weighted by Crippen LogP contribution is 2.14. The Labute approximate surface area is 110 Å². The second-order valence-electron chi connectivity index (χ2n) is 4.87. The molecule has 1 aromatic heterocycles. The van der Waals surface area contributed by atoms with Gasteiger partial charge in [-0.3, -0.25) is 5.10 Å². The van der Waals surface area contributed by atoms with Crippen LogP contribution in [0.4, 0.5) is 4.79 Å². The fourth-order valence-corrected chi connectivity index (χ4v) is 1.33. The van der Waals surface area contributed by atoms with Crippen molar-refractivity contribution in [1.82, 2.24) is 20.5 Å². The maximum Gasteiger partial charge on any atom is 0.407 e. The molecule has 1 aromatic rings. The van der Waals surface area contributed by atoms with Gasteiger partial charge in [0.1, 0.15) is 11.7 Å². The van der Waals surface area contributed by atoms with Crippen molar-refractivity contribution < 1.29 is 14.6 Å². The maximum absolute atomic E-state index is 11.5. The highest BCUT2D eigenvalue weighted by Gasteiger charge is 2.24. The molecule has 1 unspecified atom stereocenters. The molecule has 1 amide bonds. The normalized spacial score (nSPS) is 15.0. The molecular weight excluding hydrogens is 260 g/mol. The number of aliphatic hydroxyl groups excluding tert-OH is 1. The zero-order valence-electron chi connectivity index (χ0n) is 10.7. The molecule has 2 atom stereocenters. The van der Waals surface area contributed by atoms with Crippen LogP contribution in [0.2, 0.25) is 5.28 Å². The summed E-state index contributed by atoms with van der Waals surface area (Å²) < 4.78 is 5.07. The molecule has 3 N–H and O–H groups in total. The Morgan fingerprint density at radius 2 is 2.17 bits per heavy atom. The molecule has 18 heavy (non-hydrogen) atoms. The van der Waals surface area contributed by atoms with Crippen LogP contribution in [-0.4, -0.2) is 38.0 Å². The van der Waals surface area contributed by atoms with E-state index in [4.69, 9.17) is 16.3 Å². The SMILES string of the molecule is C[C@H](NC(=O)OC(C)(C)C)C(O)c1nc(Cl)n[nH]1. The van der Waals surface area contributed by atoms with Gasteiger partial charge in [-0.2, -0.15) is 4.98 Å². The average molecular weight is 277 g/mol. The summed E-state index contributed by atoms with van der Waals surface area (Å²) in [4.78, 5) is 15.3. The molecule has 102 valence electrons. The number of hydrogen-bond donors (Lipinski definition) is 3. The zero-order chi connectivity index (χ0) is 13.9. The number of hydrogen-bond acceptors (Lipinski definition) is 5. The number of aliphatic hydroxyl groups is 1. The van der Waals surface area contributed by atoms with Crippen LogP contribution in [-0.2, 0) is 4.74 Å².